The predicted octanol–water partition coefficient (Wildman–Crippen LogP) is 2.47. The maximum atomic E-state index is 14.2. The Kier molecular flexibility index (Phi) is 8.84. The van der Waals surface area contributed by atoms with Gasteiger partial charge in [-0.1, -0.05) is 29.3 Å². The second kappa shape index (κ2) is 10.3. The van der Waals surface area contributed by atoms with E-state index < -0.39 is 65.3 Å². The molecule has 0 radical (unpaired) electrons. The van der Waals surface area contributed by atoms with Crippen molar-refractivity contribution in [1.82, 2.24) is 4.13 Å². The van der Waals surface area contributed by atoms with Gasteiger partial charge >= 0.3 is 38.6 Å². The molecule has 0 amide bonds. The third-order valence-corrected chi connectivity index (χ3v) is 6.91. The predicted molar refractivity (Wildman–Crippen MR) is 98.3 cm³/mol. The monoisotopic (exact) mass is 545 g/mol. The minimum Gasteiger partial charge on any atom is -0.452 e. The van der Waals surface area contributed by atoms with Gasteiger partial charge in [0.15, 0.2) is 6.10 Å². The van der Waals surface area contributed by atoms with Crippen LogP contribution in [0.1, 0.15) is 13.3 Å². The van der Waals surface area contributed by atoms with Crippen molar-refractivity contribution in [2.45, 2.75) is 36.1 Å². The summed E-state index contributed by atoms with van der Waals surface area (Å²) in [5.41, 5.74) is -6.43. The third-order valence-electron chi connectivity index (χ3n) is 3.60. The molecule has 1 aromatic rings. The number of halogens is 7. The van der Waals surface area contributed by atoms with Gasteiger partial charge in [-0.15, -0.1) is 0 Å². The molecule has 0 heterocycles. The van der Waals surface area contributed by atoms with Crippen LogP contribution in [0, 0.1) is 0 Å². The number of rotatable bonds is 10. The SMILES string of the molecule is CCC(OC(=O)/C=C\C(=O)Oc1ccccc1)C(F)(F)C(F)(F)S(=O)(=O)NS(=O)(=O)C(F)(F)F. The molecule has 0 aliphatic carbocycles. The lowest BCUT2D eigenvalue weighted by Crippen LogP contribution is -2.59. The second-order valence-electron chi connectivity index (χ2n) is 6.08. The maximum Gasteiger partial charge on any atom is 0.512 e. The molecule has 0 spiro atoms. The van der Waals surface area contributed by atoms with Gasteiger partial charge in [-0.25, -0.2) is 26.4 Å². The van der Waals surface area contributed by atoms with Crippen LogP contribution in [0.2, 0.25) is 0 Å². The number of esters is 2. The lowest BCUT2D eigenvalue weighted by atomic mass is 10.1. The van der Waals surface area contributed by atoms with Crippen LogP contribution < -0.4 is 8.86 Å². The van der Waals surface area contributed by atoms with E-state index in [1.54, 1.807) is 6.07 Å². The van der Waals surface area contributed by atoms with Crippen LogP contribution in [0.15, 0.2) is 42.5 Å². The van der Waals surface area contributed by atoms with E-state index in [-0.39, 0.29) is 11.8 Å². The first-order chi connectivity index (χ1) is 15.3. The van der Waals surface area contributed by atoms with Crippen LogP contribution in [-0.4, -0.2) is 51.6 Å². The van der Waals surface area contributed by atoms with Gasteiger partial charge in [0.1, 0.15) is 5.75 Å². The second-order valence-corrected chi connectivity index (χ2v) is 9.73. The van der Waals surface area contributed by atoms with E-state index in [4.69, 9.17) is 4.74 Å². The van der Waals surface area contributed by atoms with E-state index in [0.717, 1.165) is 0 Å². The molecule has 1 atom stereocenters. The molecule has 18 heteroatoms. The highest BCUT2D eigenvalue weighted by Gasteiger charge is 2.71. The highest BCUT2D eigenvalue weighted by molar-refractivity contribution is 8.05. The Hall–Kier alpha value is -2.73. The zero-order chi connectivity index (χ0) is 26.6. The fraction of sp³-hybridized carbons (Fsp3) is 0.375. The summed E-state index contributed by atoms with van der Waals surface area (Å²) in [6.45, 7) is 0.710. The smallest absolute Gasteiger partial charge is 0.452 e. The number of nitrogens with one attached hydrogen (secondary N) is 1. The van der Waals surface area contributed by atoms with Gasteiger partial charge in [-0.3, -0.25) is 0 Å². The molecular weight excluding hydrogens is 531 g/mol. The van der Waals surface area contributed by atoms with Crippen LogP contribution in [0.5, 0.6) is 5.75 Å². The van der Waals surface area contributed by atoms with Crippen molar-refractivity contribution in [3.63, 3.8) is 0 Å². The van der Waals surface area contributed by atoms with Crippen LogP contribution in [0.3, 0.4) is 0 Å². The molecule has 9 nitrogen and oxygen atoms in total. The lowest BCUT2D eigenvalue weighted by molar-refractivity contribution is -0.223. The lowest BCUT2D eigenvalue weighted by Gasteiger charge is -2.31. The molecule has 1 rings (SSSR count). The Morgan fingerprint density at radius 1 is 0.912 bits per heavy atom. The molecule has 1 N–H and O–H groups in total. The summed E-state index contributed by atoms with van der Waals surface area (Å²) in [6, 6.07) is 7.16. The summed E-state index contributed by atoms with van der Waals surface area (Å²) in [5, 5.41) is -6.50. The molecule has 0 aromatic heterocycles. The summed E-state index contributed by atoms with van der Waals surface area (Å²) in [5.74, 6) is -9.00. The quantitative estimate of drug-likeness (QED) is 0.205. The van der Waals surface area contributed by atoms with Crippen molar-refractivity contribution in [1.29, 1.82) is 0 Å². The van der Waals surface area contributed by atoms with Gasteiger partial charge in [0.05, 0.1) is 0 Å². The van der Waals surface area contributed by atoms with Crippen molar-refractivity contribution in [3.05, 3.63) is 42.5 Å². The van der Waals surface area contributed by atoms with E-state index in [9.17, 15) is 57.2 Å². The number of hydrogen-bond donors (Lipinski definition) is 1. The fourth-order valence-electron chi connectivity index (χ4n) is 1.98. The van der Waals surface area contributed by atoms with Crippen LogP contribution in [0.25, 0.3) is 0 Å². The first kappa shape index (κ1) is 29.3. The largest absolute Gasteiger partial charge is 0.512 e. The van der Waals surface area contributed by atoms with E-state index in [1.807, 2.05) is 0 Å². The van der Waals surface area contributed by atoms with Crippen molar-refractivity contribution in [3.8, 4) is 5.75 Å². The summed E-state index contributed by atoms with van der Waals surface area (Å²) < 4.78 is 146. The zero-order valence-electron chi connectivity index (χ0n) is 16.6. The average Bonchev–Trinajstić information content (AvgIpc) is 2.69. The van der Waals surface area contributed by atoms with E-state index in [0.29, 0.717) is 13.0 Å². The molecular formula is C16H14F7NO8S2. The Morgan fingerprint density at radius 3 is 1.88 bits per heavy atom. The number of carbonyl (C=O) groups excluding carboxylic acids is 2. The van der Waals surface area contributed by atoms with Crippen LogP contribution >= 0.6 is 0 Å². The molecule has 34 heavy (non-hydrogen) atoms. The Bertz CT molecular complexity index is 1130. The first-order valence-electron chi connectivity index (χ1n) is 8.54. The van der Waals surface area contributed by atoms with Gasteiger partial charge in [0.2, 0.25) is 0 Å². The molecule has 0 aliphatic rings. The summed E-state index contributed by atoms with van der Waals surface area (Å²) in [7, 11) is -14.3. The van der Waals surface area contributed by atoms with Crippen molar-refractivity contribution >= 4 is 32.0 Å². The molecule has 192 valence electrons. The Balaban J connectivity index is 3.04. The van der Waals surface area contributed by atoms with E-state index in [1.165, 1.54) is 24.3 Å². The molecule has 0 bridgehead atoms. The molecule has 0 saturated carbocycles. The average molecular weight is 545 g/mol. The van der Waals surface area contributed by atoms with E-state index in [2.05, 4.69) is 4.74 Å². The number of sulfonamides is 2. The summed E-state index contributed by atoms with van der Waals surface area (Å²) in [6.07, 6.45) is -3.97. The Labute approximate surface area is 187 Å². The normalized spacial score (nSPS) is 14.6. The van der Waals surface area contributed by atoms with E-state index >= 15 is 0 Å². The van der Waals surface area contributed by atoms with Gasteiger partial charge in [0.25, 0.3) is 10.0 Å². The zero-order valence-corrected chi connectivity index (χ0v) is 18.2. The molecule has 1 aromatic carbocycles. The maximum absolute atomic E-state index is 14.2. The number of carbonyl (C=O) groups is 2. The first-order valence-corrected chi connectivity index (χ1v) is 11.5. The molecule has 0 saturated heterocycles. The molecule has 1 unspecified atom stereocenters. The number of hydrogen-bond acceptors (Lipinski definition) is 8. The van der Waals surface area contributed by atoms with Crippen molar-refractivity contribution < 1.29 is 66.6 Å². The van der Waals surface area contributed by atoms with Crippen LogP contribution in [-0.2, 0) is 34.4 Å². The minimum absolute atomic E-state index is 0.00893. The minimum atomic E-state index is -7.23. The standard InChI is InChI=1S/C16H14F7NO8S2/c1-2-11(32-13(26)9-8-12(25)31-10-6-4-3-5-7-10)14(17,18)15(19,20)33(27,28)24-34(29,30)16(21,22)23/h3-9,11,24H,2H2,1H3/b9-8-. The number of ether oxygens (including phenoxy) is 2. The number of benzene rings is 1. The van der Waals surface area contributed by atoms with Gasteiger partial charge < -0.3 is 9.47 Å². The number of para-hydroxylation sites is 1. The summed E-state index contributed by atoms with van der Waals surface area (Å²) in [4.78, 5) is 23.2. The van der Waals surface area contributed by atoms with Crippen LogP contribution in [0.4, 0.5) is 30.7 Å². The van der Waals surface area contributed by atoms with Gasteiger partial charge in [0, 0.05) is 12.2 Å². The van der Waals surface area contributed by atoms with Gasteiger partial charge in [-0.05, 0) is 18.6 Å². The molecule has 0 fully saturated rings. The van der Waals surface area contributed by atoms with Gasteiger partial charge in [-0.2, -0.15) is 30.7 Å². The van der Waals surface area contributed by atoms with Crippen molar-refractivity contribution in [2.75, 3.05) is 0 Å². The molecule has 0 aliphatic heterocycles. The highest BCUT2D eigenvalue weighted by Crippen LogP contribution is 2.43. The fourth-order valence-corrected chi connectivity index (χ4v) is 4.42. The topological polar surface area (TPSA) is 133 Å². The Morgan fingerprint density at radius 2 is 1.41 bits per heavy atom. The highest BCUT2D eigenvalue weighted by atomic mass is 32.3. The third kappa shape index (κ3) is 6.66. The summed E-state index contributed by atoms with van der Waals surface area (Å²) >= 11 is 0. The van der Waals surface area contributed by atoms with Crippen molar-refractivity contribution in [2.24, 2.45) is 0 Å². The number of alkyl halides is 7.